The molecule has 0 aliphatic carbocycles. The Balaban J connectivity index is 2.13. The minimum atomic E-state index is -0.343. The van der Waals surface area contributed by atoms with Gasteiger partial charge in [0.1, 0.15) is 0 Å². The van der Waals surface area contributed by atoms with Crippen molar-refractivity contribution in [3.05, 3.63) is 19.2 Å². The second kappa shape index (κ2) is 5.85. The number of thiophene rings is 1. The molecule has 0 radical (unpaired) electrons. The van der Waals surface area contributed by atoms with E-state index in [0.717, 1.165) is 20.4 Å². The predicted octanol–water partition coefficient (Wildman–Crippen LogP) is 3.54. The number of carbonyl (C=O) groups is 3. The van der Waals surface area contributed by atoms with E-state index in [2.05, 4.69) is 31.9 Å². The van der Waals surface area contributed by atoms with Crippen LogP contribution in [-0.2, 0) is 4.79 Å². The molecule has 2 amide bonds. The minimum Gasteiger partial charge on any atom is -0.292 e. The molecule has 0 saturated carbocycles. The molecule has 1 fully saturated rings. The number of Topliss-reactive ketones (excluding diaryl/α,β-unsaturated/α-hetero) is 1. The summed E-state index contributed by atoms with van der Waals surface area (Å²) in [6.07, 6.45) is 0.304. The number of hydrogen-bond donors (Lipinski definition) is 0. The van der Waals surface area contributed by atoms with E-state index in [-0.39, 0.29) is 23.5 Å². The first-order valence-electron chi connectivity index (χ1n) is 4.94. The van der Waals surface area contributed by atoms with Crippen molar-refractivity contribution in [3.63, 3.8) is 0 Å². The SMILES string of the molecule is O=C(CN1C(=O)CCSC1=O)c1cc(Br)sc1Br. The first-order chi connectivity index (χ1) is 8.49. The largest absolute Gasteiger partial charge is 0.292 e. The fraction of sp³-hybridized carbons (Fsp3) is 0.300. The van der Waals surface area contributed by atoms with Crippen LogP contribution >= 0.6 is 55.0 Å². The Bertz CT molecular complexity index is 513. The van der Waals surface area contributed by atoms with Gasteiger partial charge in [-0.25, -0.2) is 0 Å². The summed E-state index contributed by atoms with van der Waals surface area (Å²) in [6, 6.07) is 1.68. The lowest BCUT2D eigenvalue weighted by Gasteiger charge is -2.23. The van der Waals surface area contributed by atoms with Crippen LogP contribution in [0.2, 0.25) is 0 Å². The summed E-state index contributed by atoms with van der Waals surface area (Å²) in [7, 11) is 0. The topological polar surface area (TPSA) is 54.5 Å². The summed E-state index contributed by atoms with van der Waals surface area (Å²) in [5.74, 6) is -0.0266. The average Bonchev–Trinajstić information content (AvgIpc) is 2.63. The number of amides is 2. The highest BCUT2D eigenvalue weighted by atomic mass is 79.9. The van der Waals surface area contributed by atoms with Crippen molar-refractivity contribution in [3.8, 4) is 0 Å². The molecule has 0 aromatic carbocycles. The summed E-state index contributed by atoms with van der Waals surface area (Å²) < 4.78 is 1.52. The molecule has 1 aromatic heterocycles. The molecule has 1 aromatic rings. The lowest BCUT2D eigenvalue weighted by Crippen LogP contribution is -2.41. The molecular weight excluding hydrogens is 406 g/mol. The van der Waals surface area contributed by atoms with Crippen molar-refractivity contribution < 1.29 is 14.4 Å². The molecule has 0 atom stereocenters. The van der Waals surface area contributed by atoms with E-state index < -0.39 is 0 Å². The third-order valence-electron chi connectivity index (χ3n) is 2.32. The highest BCUT2D eigenvalue weighted by Crippen LogP contribution is 2.32. The van der Waals surface area contributed by atoms with Gasteiger partial charge in [0.15, 0.2) is 5.78 Å². The Morgan fingerprint density at radius 2 is 2.11 bits per heavy atom. The summed E-state index contributed by atoms with van der Waals surface area (Å²) in [6.45, 7) is -0.188. The molecule has 0 spiro atoms. The zero-order valence-electron chi connectivity index (χ0n) is 8.94. The van der Waals surface area contributed by atoms with Gasteiger partial charge in [-0.05, 0) is 37.9 Å². The second-order valence-electron chi connectivity index (χ2n) is 3.51. The molecular formula is C10H7Br2NO3S2. The van der Waals surface area contributed by atoms with Gasteiger partial charge in [0.05, 0.1) is 14.1 Å². The molecule has 4 nitrogen and oxygen atoms in total. The molecule has 0 bridgehead atoms. The number of rotatable bonds is 3. The molecule has 18 heavy (non-hydrogen) atoms. The van der Waals surface area contributed by atoms with Crippen LogP contribution in [0.3, 0.4) is 0 Å². The Labute approximate surface area is 128 Å². The second-order valence-corrected chi connectivity index (χ2v) is 8.30. The van der Waals surface area contributed by atoms with E-state index >= 15 is 0 Å². The monoisotopic (exact) mass is 411 g/mol. The number of carbonyl (C=O) groups excluding carboxylic acids is 3. The molecule has 1 aliphatic heterocycles. The Hall–Kier alpha value is -0.180. The van der Waals surface area contributed by atoms with Crippen LogP contribution in [0.25, 0.3) is 0 Å². The van der Waals surface area contributed by atoms with Crippen LogP contribution in [0.5, 0.6) is 0 Å². The number of imide groups is 1. The maximum absolute atomic E-state index is 12.0. The van der Waals surface area contributed by atoms with E-state index in [1.807, 2.05) is 0 Å². The first kappa shape index (κ1) is 14.2. The van der Waals surface area contributed by atoms with Gasteiger partial charge >= 0.3 is 0 Å². The average molecular weight is 413 g/mol. The summed E-state index contributed by atoms with van der Waals surface area (Å²) in [5, 5.41) is -0.343. The van der Waals surface area contributed by atoms with Crippen LogP contribution in [0.4, 0.5) is 4.79 Å². The number of ketones is 1. The van der Waals surface area contributed by atoms with E-state index in [4.69, 9.17) is 0 Å². The first-order valence-corrected chi connectivity index (χ1v) is 8.33. The van der Waals surface area contributed by atoms with E-state index in [0.29, 0.717) is 21.5 Å². The fourth-order valence-corrected chi connectivity index (χ4v) is 5.08. The van der Waals surface area contributed by atoms with Gasteiger partial charge in [-0.2, -0.15) is 0 Å². The summed E-state index contributed by atoms with van der Waals surface area (Å²) in [5.41, 5.74) is 0.489. The predicted molar refractivity (Wildman–Crippen MR) is 78.2 cm³/mol. The Morgan fingerprint density at radius 3 is 2.67 bits per heavy atom. The van der Waals surface area contributed by atoms with Gasteiger partial charge in [0, 0.05) is 17.7 Å². The standard InChI is InChI=1S/C10H7Br2NO3S2/c11-7-3-5(9(12)18-7)6(14)4-13-8(15)1-2-17-10(13)16/h3H,1-2,4H2. The lowest BCUT2D eigenvalue weighted by molar-refractivity contribution is -0.127. The number of halogens is 2. The zero-order valence-corrected chi connectivity index (χ0v) is 13.7. The number of thioether (sulfide) groups is 1. The van der Waals surface area contributed by atoms with Crippen molar-refractivity contribution in [2.75, 3.05) is 12.3 Å². The molecule has 0 unspecified atom stereocenters. The van der Waals surface area contributed by atoms with Crippen molar-refractivity contribution >= 4 is 71.9 Å². The fourth-order valence-electron chi connectivity index (χ4n) is 1.45. The highest BCUT2D eigenvalue weighted by molar-refractivity contribution is 9.12. The van der Waals surface area contributed by atoms with Gasteiger partial charge in [0.25, 0.3) is 5.24 Å². The highest BCUT2D eigenvalue weighted by Gasteiger charge is 2.29. The van der Waals surface area contributed by atoms with Gasteiger partial charge < -0.3 is 0 Å². The van der Waals surface area contributed by atoms with E-state index in [9.17, 15) is 14.4 Å². The van der Waals surface area contributed by atoms with E-state index in [1.54, 1.807) is 6.07 Å². The smallest absolute Gasteiger partial charge is 0.288 e. The Morgan fingerprint density at radius 1 is 1.39 bits per heavy atom. The number of nitrogens with zero attached hydrogens (tertiary/aromatic N) is 1. The quantitative estimate of drug-likeness (QED) is 0.712. The summed E-state index contributed by atoms with van der Waals surface area (Å²) >= 11 is 9.02. The molecule has 8 heteroatoms. The summed E-state index contributed by atoms with van der Waals surface area (Å²) in [4.78, 5) is 36.2. The minimum absolute atomic E-state index is 0.188. The maximum Gasteiger partial charge on any atom is 0.288 e. The van der Waals surface area contributed by atoms with Crippen LogP contribution in [0.15, 0.2) is 13.6 Å². The molecule has 2 heterocycles. The molecule has 2 rings (SSSR count). The molecule has 1 aliphatic rings. The normalized spacial score (nSPS) is 16.2. The molecule has 96 valence electrons. The molecule has 1 saturated heterocycles. The van der Waals surface area contributed by atoms with Gasteiger partial charge in [-0.15, -0.1) is 11.3 Å². The number of hydrogen-bond acceptors (Lipinski definition) is 5. The van der Waals surface area contributed by atoms with Crippen LogP contribution < -0.4 is 0 Å². The van der Waals surface area contributed by atoms with Crippen molar-refractivity contribution in [1.82, 2.24) is 4.90 Å². The third-order valence-corrected chi connectivity index (χ3v) is 5.54. The van der Waals surface area contributed by atoms with Gasteiger partial charge in [-0.1, -0.05) is 11.8 Å². The Kier molecular flexibility index (Phi) is 4.63. The van der Waals surface area contributed by atoms with Gasteiger partial charge in [-0.3, -0.25) is 19.3 Å². The van der Waals surface area contributed by atoms with Crippen LogP contribution in [0.1, 0.15) is 16.8 Å². The molecule has 0 N–H and O–H groups in total. The van der Waals surface area contributed by atoms with E-state index in [1.165, 1.54) is 11.3 Å². The maximum atomic E-state index is 12.0. The zero-order chi connectivity index (χ0) is 13.3. The van der Waals surface area contributed by atoms with Crippen molar-refractivity contribution in [2.24, 2.45) is 0 Å². The lowest BCUT2D eigenvalue weighted by atomic mass is 10.2. The van der Waals surface area contributed by atoms with Crippen molar-refractivity contribution in [2.45, 2.75) is 6.42 Å². The van der Waals surface area contributed by atoms with Crippen LogP contribution in [0, 0.1) is 0 Å². The van der Waals surface area contributed by atoms with Gasteiger partial charge in [0.2, 0.25) is 5.91 Å². The third kappa shape index (κ3) is 3.04. The van der Waals surface area contributed by atoms with Crippen molar-refractivity contribution in [1.29, 1.82) is 0 Å². The van der Waals surface area contributed by atoms with Crippen LogP contribution in [-0.4, -0.2) is 34.1 Å².